The Labute approximate surface area is 148 Å². The summed E-state index contributed by atoms with van der Waals surface area (Å²) in [5, 5.41) is 0. The van der Waals surface area contributed by atoms with Crippen LogP contribution in [0.4, 0.5) is 0 Å². The van der Waals surface area contributed by atoms with Crippen LogP contribution in [-0.2, 0) is 19.8 Å². The van der Waals surface area contributed by atoms with E-state index in [1.165, 1.54) is 59.2 Å². The van der Waals surface area contributed by atoms with E-state index in [1.54, 1.807) is 0 Å². The molecule has 0 aromatic rings. The molecule has 2 rings (SSSR count). The molecule has 0 atom stereocenters. The van der Waals surface area contributed by atoms with Gasteiger partial charge in [-0.15, -0.1) is 0 Å². The van der Waals surface area contributed by atoms with Gasteiger partial charge in [0.05, 0.1) is 0 Å². The Bertz CT molecular complexity index is 181. The largest absolute Gasteiger partial charge is 0.0579 e. The van der Waals surface area contributed by atoms with E-state index in [1.807, 2.05) is 0 Å². The summed E-state index contributed by atoms with van der Waals surface area (Å²) in [7, 11) is 0. The quantitative estimate of drug-likeness (QED) is 0.420. The van der Waals surface area contributed by atoms with Gasteiger partial charge in [-0.1, -0.05) is 69.2 Å². The molecular weight excluding hydrogens is 430 g/mol. The molecule has 0 aliphatic heterocycles. The fraction of sp³-hybridized carbons (Fsp3) is 0.500. The molecule has 21 heavy (non-hydrogen) atoms. The monoisotopic (exact) mass is 462 g/mol. The van der Waals surface area contributed by atoms with Crippen molar-refractivity contribution in [3.05, 3.63) is 59.2 Å². The van der Waals surface area contributed by atoms with Crippen molar-refractivity contribution in [2.24, 2.45) is 0 Å². The molecule has 0 nitrogen and oxygen atoms in total. The summed E-state index contributed by atoms with van der Waals surface area (Å²) in [5.74, 6) is 14.7. The molecule has 1 heteroatoms. The third-order valence-electron chi connectivity index (χ3n) is 5.62. The zero-order chi connectivity index (χ0) is 15.8. The van der Waals surface area contributed by atoms with Crippen LogP contribution in [0.5, 0.6) is 0 Å². The summed E-state index contributed by atoms with van der Waals surface area (Å²) >= 11 is 0. The van der Waals surface area contributed by atoms with Crippen molar-refractivity contribution in [2.75, 3.05) is 0 Å². The average Bonchev–Trinajstić information content (AvgIpc) is 2.71. The van der Waals surface area contributed by atoms with Crippen molar-refractivity contribution < 1.29 is 19.8 Å². The number of hydrogen-bond donors (Lipinski definition) is 0. The van der Waals surface area contributed by atoms with E-state index in [0.717, 1.165) is 0 Å². The Morgan fingerprint density at radius 2 is 0.286 bits per heavy atom. The van der Waals surface area contributed by atoms with Crippen LogP contribution in [0.1, 0.15) is 69.2 Å². The summed E-state index contributed by atoms with van der Waals surface area (Å²) in [5.41, 5.74) is 0. The zero-order valence-electron chi connectivity index (χ0n) is 15.4. The average molecular weight is 461 g/mol. The van der Waals surface area contributed by atoms with Crippen LogP contribution in [0.15, 0.2) is 0 Å². The molecule has 0 aromatic heterocycles. The molecule has 2 saturated carbocycles. The third-order valence-corrected chi connectivity index (χ3v) is 5.62. The first-order valence-corrected chi connectivity index (χ1v) is 7.50. The maximum atomic E-state index is 2.20. The Balaban J connectivity index is 0.000000364. The van der Waals surface area contributed by atoms with Crippen LogP contribution < -0.4 is 0 Å². The third kappa shape index (κ3) is 4.34. The molecule has 2 fully saturated rings. The van der Waals surface area contributed by atoms with Crippen LogP contribution in [0.25, 0.3) is 0 Å². The minimum Gasteiger partial charge on any atom is -0.0579 e. The van der Waals surface area contributed by atoms with Crippen LogP contribution in [0.2, 0.25) is 0 Å². The van der Waals surface area contributed by atoms with E-state index in [2.05, 4.69) is 69.2 Å². The van der Waals surface area contributed by atoms with E-state index in [9.17, 15) is 0 Å². The van der Waals surface area contributed by atoms with Gasteiger partial charge in [0.25, 0.3) is 0 Å². The van der Waals surface area contributed by atoms with Gasteiger partial charge < -0.3 is 0 Å². The van der Waals surface area contributed by atoms with Crippen molar-refractivity contribution in [1.82, 2.24) is 0 Å². The molecule has 0 aromatic carbocycles. The van der Waals surface area contributed by atoms with Gasteiger partial charge in [-0.25, -0.2) is 0 Å². The van der Waals surface area contributed by atoms with Gasteiger partial charge >= 0.3 is 0 Å². The SMILES string of the molecule is C[C]1[C](C)[C](C)[C](C)[C]1C.C[C]1[C](C)[C](C)[C](C)[C]1C.[Os]. The van der Waals surface area contributed by atoms with Gasteiger partial charge in [0.1, 0.15) is 0 Å². The van der Waals surface area contributed by atoms with Crippen molar-refractivity contribution in [3.63, 3.8) is 0 Å². The van der Waals surface area contributed by atoms with Crippen molar-refractivity contribution in [2.45, 2.75) is 69.2 Å². The summed E-state index contributed by atoms with van der Waals surface area (Å²) in [6.45, 7) is 22.0. The number of rotatable bonds is 0. The molecule has 0 heterocycles. The van der Waals surface area contributed by atoms with Gasteiger partial charge in [-0.05, 0) is 59.2 Å². The Kier molecular flexibility index (Phi) is 8.73. The Morgan fingerprint density at radius 3 is 0.333 bits per heavy atom. The smallest absolute Gasteiger partial charge is 0 e. The topological polar surface area (TPSA) is 0 Å². The molecule has 2 aliphatic carbocycles. The van der Waals surface area contributed by atoms with Gasteiger partial charge in [0.15, 0.2) is 0 Å². The summed E-state index contributed by atoms with van der Waals surface area (Å²) in [4.78, 5) is 0. The fourth-order valence-corrected chi connectivity index (χ4v) is 2.81. The second kappa shape index (κ2) is 8.48. The van der Waals surface area contributed by atoms with Gasteiger partial charge in [0.2, 0.25) is 0 Å². The van der Waals surface area contributed by atoms with Crippen LogP contribution in [-0.4, -0.2) is 0 Å². The van der Waals surface area contributed by atoms with Gasteiger partial charge in [0, 0.05) is 19.8 Å². The van der Waals surface area contributed by atoms with E-state index >= 15 is 0 Å². The molecule has 0 unspecified atom stereocenters. The fourth-order valence-electron chi connectivity index (χ4n) is 2.81. The molecule has 2 aliphatic rings. The zero-order valence-corrected chi connectivity index (χ0v) is 17.9. The van der Waals surface area contributed by atoms with E-state index in [0.29, 0.717) is 0 Å². The van der Waals surface area contributed by atoms with Crippen LogP contribution >= 0.6 is 0 Å². The minimum atomic E-state index is 0. The second-order valence-electron chi connectivity index (χ2n) is 6.25. The number of hydrogen-bond acceptors (Lipinski definition) is 0. The molecule has 0 bridgehead atoms. The van der Waals surface area contributed by atoms with Crippen LogP contribution in [0, 0.1) is 59.2 Å². The second-order valence-corrected chi connectivity index (χ2v) is 6.25. The van der Waals surface area contributed by atoms with Crippen molar-refractivity contribution in [1.29, 1.82) is 0 Å². The molecule has 0 amide bonds. The molecular formula is C20H30Os. The molecule has 0 spiro atoms. The van der Waals surface area contributed by atoms with Gasteiger partial charge in [-0.3, -0.25) is 0 Å². The van der Waals surface area contributed by atoms with Crippen LogP contribution in [0.3, 0.4) is 0 Å². The predicted octanol–water partition coefficient (Wildman–Crippen LogP) is 5.94. The standard InChI is InChI=1S/2C10H15.Os/c2*1-6-7(2)9(4)10(5)8(6)3;/h2*1-5H3;. The summed E-state index contributed by atoms with van der Waals surface area (Å²) in [6.07, 6.45) is 0. The summed E-state index contributed by atoms with van der Waals surface area (Å²) in [6, 6.07) is 0. The van der Waals surface area contributed by atoms with E-state index < -0.39 is 0 Å². The molecule has 0 N–H and O–H groups in total. The normalized spacial score (nSPS) is 27.1. The molecule has 0 saturated heterocycles. The first-order valence-electron chi connectivity index (χ1n) is 7.50. The maximum Gasteiger partial charge on any atom is 0 e. The van der Waals surface area contributed by atoms with Crippen molar-refractivity contribution >= 4 is 0 Å². The van der Waals surface area contributed by atoms with Crippen molar-refractivity contribution in [3.8, 4) is 0 Å². The van der Waals surface area contributed by atoms with E-state index in [4.69, 9.17) is 0 Å². The predicted molar refractivity (Wildman–Crippen MR) is 89.2 cm³/mol. The molecule has 10 radical (unpaired) electrons. The Hall–Kier alpha value is 0.636. The Morgan fingerprint density at radius 1 is 0.238 bits per heavy atom. The summed E-state index contributed by atoms with van der Waals surface area (Å²) < 4.78 is 0. The van der Waals surface area contributed by atoms with Gasteiger partial charge in [-0.2, -0.15) is 0 Å². The minimum absolute atomic E-state index is 0. The first-order chi connectivity index (χ1) is 9.11. The maximum absolute atomic E-state index is 2.20. The molecule has 118 valence electrons. The first kappa shape index (κ1) is 21.6. The van der Waals surface area contributed by atoms with E-state index in [-0.39, 0.29) is 19.8 Å².